The van der Waals surface area contributed by atoms with E-state index in [9.17, 15) is 9.18 Å². The van der Waals surface area contributed by atoms with E-state index in [0.29, 0.717) is 5.56 Å². The third kappa shape index (κ3) is 2.94. The van der Waals surface area contributed by atoms with E-state index in [0.717, 1.165) is 0 Å². The lowest BCUT2D eigenvalue weighted by Gasteiger charge is -2.07. The molecule has 1 aromatic carbocycles. The summed E-state index contributed by atoms with van der Waals surface area (Å²) in [4.78, 5) is 10.9. The van der Waals surface area contributed by atoms with Crippen molar-refractivity contribution in [3.05, 3.63) is 34.6 Å². The molecule has 0 bridgehead atoms. The van der Waals surface area contributed by atoms with Gasteiger partial charge in [0, 0.05) is 0 Å². The van der Waals surface area contributed by atoms with Crippen molar-refractivity contribution in [3.8, 4) is 0 Å². The summed E-state index contributed by atoms with van der Waals surface area (Å²) in [6.07, 6.45) is 0. The minimum atomic E-state index is -0.772. The van der Waals surface area contributed by atoms with Crippen LogP contribution in [0, 0.1) is 5.82 Å². The molecule has 1 rings (SSSR count). The molecule has 2 N–H and O–H groups in total. The molecule has 0 fully saturated rings. The van der Waals surface area contributed by atoms with Gasteiger partial charge in [0.05, 0.1) is 11.1 Å². The lowest BCUT2D eigenvalue weighted by molar-refractivity contribution is -0.118. The molecule has 78 valence electrons. The highest BCUT2D eigenvalue weighted by atomic mass is 35.5. The van der Waals surface area contributed by atoms with E-state index in [2.05, 4.69) is 0 Å². The number of Topliss-reactive ketones (excluding diaryl/α,β-unsaturated/α-hetero) is 1. The Kier molecular flexibility index (Phi) is 5.05. The van der Waals surface area contributed by atoms with Crippen LogP contribution in [0.4, 0.5) is 4.39 Å². The minimum Gasteiger partial charge on any atom is -0.318 e. The van der Waals surface area contributed by atoms with Crippen LogP contribution in [0.5, 0.6) is 0 Å². The summed E-state index contributed by atoms with van der Waals surface area (Å²) in [6, 6.07) is 3.33. The van der Waals surface area contributed by atoms with E-state index in [1.807, 2.05) is 0 Å². The van der Waals surface area contributed by atoms with E-state index in [4.69, 9.17) is 17.3 Å². The molecule has 0 aliphatic carbocycles. The van der Waals surface area contributed by atoms with Crippen LogP contribution in [0.15, 0.2) is 18.2 Å². The quantitative estimate of drug-likeness (QED) is 0.860. The van der Waals surface area contributed by atoms with Gasteiger partial charge >= 0.3 is 0 Å². The zero-order valence-corrected chi connectivity index (χ0v) is 9.03. The second-order valence-corrected chi connectivity index (χ2v) is 3.17. The molecule has 14 heavy (non-hydrogen) atoms. The van der Waals surface area contributed by atoms with Gasteiger partial charge in [-0.2, -0.15) is 0 Å². The monoisotopic (exact) mass is 237 g/mol. The lowest BCUT2D eigenvalue weighted by atomic mass is 10.0. The third-order valence-corrected chi connectivity index (χ3v) is 2.05. The number of nitrogens with two attached hydrogens (primary N) is 1. The van der Waals surface area contributed by atoms with Gasteiger partial charge in [-0.25, -0.2) is 4.39 Å². The van der Waals surface area contributed by atoms with Crippen molar-refractivity contribution < 1.29 is 9.18 Å². The van der Waals surface area contributed by atoms with Crippen LogP contribution >= 0.6 is 24.0 Å². The first-order valence-corrected chi connectivity index (χ1v) is 4.11. The molecule has 0 saturated heterocycles. The van der Waals surface area contributed by atoms with Gasteiger partial charge in [-0.3, -0.25) is 4.79 Å². The predicted octanol–water partition coefficient (Wildman–Crippen LogP) is 2.49. The highest BCUT2D eigenvalue weighted by Crippen LogP contribution is 2.19. The molecule has 0 aliphatic rings. The van der Waals surface area contributed by atoms with Crippen molar-refractivity contribution in [3.63, 3.8) is 0 Å². The molecule has 1 aromatic rings. The van der Waals surface area contributed by atoms with Crippen molar-refractivity contribution in [2.75, 3.05) is 0 Å². The predicted molar refractivity (Wildman–Crippen MR) is 56.3 cm³/mol. The number of hydrogen-bond donors (Lipinski definition) is 1. The van der Waals surface area contributed by atoms with Gasteiger partial charge < -0.3 is 5.73 Å². The topological polar surface area (TPSA) is 43.1 Å². The van der Waals surface area contributed by atoms with Crippen molar-refractivity contribution in [2.45, 2.75) is 13.0 Å². The lowest BCUT2D eigenvalue weighted by Crippen LogP contribution is -2.18. The number of carbonyl (C=O) groups is 1. The van der Waals surface area contributed by atoms with Gasteiger partial charge in [0.2, 0.25) is 0 Å². The van der Waals surface area contributed by atoms with Crippen molar-refractivity contribution in [1.29, 1.82) is 0 Å². The fourth-order valence-corrected chi connectivity index (χ4v) is 1.06. The fourth-order valence-electron chi connectivity index (χ4n) is 0.941. The molecule has 0 saturated carbocycles. The zero-order chi connectivity index (χ0) is 10.0. The highest BCUT2D eigenvalue weighted by Gasteiger charge is 2.12. The van der Waals surface area contributed by atoms with Crippen LogP contribution in [-0.2, 0) is 4.79 Å². The van der Waals surface area contributed by atoms with Crippen molar-refractivity contribution in [2.24, 2.45) is 5.73 Å². The SMILES string of the molecule is CC(=O)C(N)c1ccc(Cl)c(F)c1.Cl. The molecule has 0 heterocycles. The molecule has 2 nitrogen and oxygen atoms in total. The molecule has 0 aliphatic heterocycles. The molecule has 5 heteroatoms. The van der Waals surface area contributed by atoms with Gasteiger partial charge in [-0.15, -0.1) is 12.4 Å². The zero-order valence-electron chi connectivity index (χ0n) is 7.46. The summed E-state index contributed by atoms with van der Waals surface area (Å²) in [5.74, 6) is -0.766. The number of carbonyl (C=O) groups excluding carboxylic acids is 1. The van der Waals surface area contributed by atoms with Crippen LogP contribution < -0.4 is 5.73 Å². The minimum absolute atomic E-state index is 0. The second kappa shape index (κ2) is 5.29. The Morgan fingerprint density at radius 3 is 2.57 bits per heavy atom. The molecule has 0 amide bonds. The first-order chi connectivity index (χ1) is 6.02. The summed E-state index contributed by atoms with van der Waals surface area (Å²) in [6.45, 7) is 1.36. The third-order valence-electron chi connectivity index (χ3n) is 1.74. The summed E-state index contributed by atoms with van der Waals surface area (Å²) < 4.78 is 12.9. The average molecular weight is 238 g/mol. The van der Waals surface area contributed by atoms with Crippen LogP contribution in [0.1, 0.15) is 18.5 Å². The maximum atomic E-state index is 12.9. The summed E-state index contributed by atoms with van der Waals surface area (Å²) in [5.41, 5.74) is 5.94. The maximum absolute atomic E-state index is 12.9. The highest BCUT2D eigenvalue weighted by molar-refractivity contribution is 6.30. The van der Waals surface area contributed by atoms with Gasteiger partial charge in [-0.05, 0) is 24.6 Å². The van der Waals surface area contributed by atoms with Crippen LogP contribution in [0.25, 0.3) is 0 Å². The number of rotatable bonds is 2. The van der Waals surface area contributed by atoms with Crippen LogP contribution in [0.2, 0.25) is 5.02 Å². The van der Waals surface area contributed by atoms with Crippen LogP contribution in [0.3, 0.4) is 0 Å². The average Bonchev–Trinajstić information content (AvgIpc) is 2.08. The molecule has 0 radical (unpaired) electrons. The first-order valence-electron chi connectivity index (χ1n) is 3.73. The number of hydrogen-bond acceptors (Lipinski definition) is 2. The first kappa shape index (κ1) is 13.4. The Labute approximate surface area is 92.6 Å². The van der Waals surface area contributed by atoms with E-state index in [1.54, 1.807) is 0 Å². The van der Waals surface area contributed by atoms with Crippen molar-refractivity contribution >= 4 is 29.8 Å². The molecule has 1 unspecified atom stereocenters. The van der Waals surface area contributed by atoms with E-state index in [1.165, 1.54) is 25.1 Å². The second-order valence-electron chi connectivity index (χ2n) is 2.76. The number of ketones is 1. The Balaban J connectivity index is 0.00000169. The maximum Gasteiger partial charge on any atom is 0.150 e. The Bertz CT molecular complexity index is 344. The largest absolute Gasteiger partial charge is 0.318 e. The molecule has 0 aromatic heterocycles. The van der Waals surface area contributed by atoms with E-state index >= 15 is 0 Å². The molecule has 0 spiro atoms. The van der Waals surface area contributed by atoms with Gasteiger partial charge in [0.15, 0.2) is 5.78 Å². The standard InChI is InChI=1S/C9H9ClFNO.ClH/c1-5(13)9(12)6-2-3-7(10)8(11)4-6;/h2-4,9H,12H2,1H3;1H. The number of benzene rings is 1. The summed E-state index contributed by atoms with van der Waals surface area (Å²) >= 11 is 5.46. The molecular weight excluding hydrogens is 228 g/mol. The van der Waals surface area contributed by atoms with Gasteiger partial charge in [0.25, 0.3) is 0 Å². The normalized spacial score (nSPS) is 11.7. The number of halogens is 3. The Morgan fingerprint density at radius 1 is 1.57 bits per heavy atom. The van der Waals surface area contributed by atoms with Gasteiger partial charge in [-0.1, -0.05) is 17.7 Å². The Morgan fingerprint density at radius 2 is 2.14 bits per heavy atom. The van der Waals surface area contributed by atoms with E-state index < -0.39 is 11.9 Å². The fraction of sp³-hybridized carbons (Fsp3) is 0.222. The van der Waals surface area contributed by atoms with Crippen LogP contribution in [-0.4, -0.2) is 5.78 Å². The van der Waals surface area contributed by atoms with E-state index in [-0.39, 0.29) is 23.2 Å². The molecular formula is C9H10Cl2FNO. The van der Waals surface area contributed by atoms with Crippen molar-refractivity contribution in [1.82, 2.24) is 0 Å². The summed E-state index contributed by atoms with van der Waals surface area (Å²) in [5, 5.41) is 0.0273. The van der Waals surface area contributed by atoms with Gasteiger partial charge in [0.1, 0.15) is 5.82 Å². The molecule has 1 atom stereocenters. The summed E-state index contributed by atoms with van der Waals surface area (Å²) in [7, 11) is 0. The smallest absolute Gasteiger partial charge is 0.150 e. The Hall–Kier alpha value is -0.640.